The number of fused-ring (bicyclic) bond motifs is 1. The Morgan fingerprint density at radius 3 is 2.60 bits per heavy atom. The minimum Gasteiger partial charge on any atom is -0.353 e. The largest absolute Gasteiger partial charge is 0.353 e. The van der Waals surface area contributed by atoms with E-state index in [-0.39, 0.29) is 0 Å². The van der Waals surface area contributed by atoms with E-state index in [1.807, 2.05) is 49.4 Å². The summed E-state index contributed by atoms with van der Waals surface area (Å²) in [5.74, 6) is 0. The van der Waals surface area contributed by atoms with Gasteiger partial charge in [0.15, 0.2) is 0 Å². The van der Waals surface area contributed by atoms with E-state index in [1.165, 1.54) is 0 Å². The molecular formula is C17H13N3. The summed E-state index contributed by atoms with van der Waals surface area (Å²) in [6.07, 6.45) is 0. The molecule has 3 aromatic rings. The van der Waals surface area contributed by atoms with Crippen molar-refractivity contribution in [2.24, 2.45) is 0 Å². The summed E-state index contributed by atoms with van der Waals surface area (Å²) in [6.45, 7) is 1.97. The van der Waals surface area contributed by atoms with Gasteiger partial charge in [0.2, 0.25) is 0 Å². The molecule has 0 amide bonds. The number of hydrogen-bond acceptors (Lipinski definition) is 3. The van der Waals surface area contributed by atoms with Crippen molar-refractivity contribution in [2.45, 2.75) is 6.92 Å². The number of hydrogen-bond donors (Lipinski definition) is 1. The van der Waals surface area contributed by atoms with E-state index in [9.17, 15) is 0 Å². The van der Waals surface area contributed by atoms with Crippen LogP contribution in [0.3, 0.4) is 0 Å². The standard InChI is InChI=1S/C17H13N3/c1-12-9-10-13-6-4-8-16(17(13)19-12)20-15-7-3-2-5-14(15)11-18/h2-10,20H,1H3. The van der Waals surface area contributed by atoms with Crippen molar-refractivity contribution in [2.75, 3.05) is 5.32 Å². The molecule has 0 saturated heterocycles. The minimum atomic E-state index is 0.622. The van der Waals surface area contributed by atoms with Crippen LogP contribution in [0, 0.1) is 18.3 Å². The molecule has 1 N–H and O–H groups in total. The summed E-state index contributed by atoms with van der Waals surface area (Å²) >= 11 is 0. The third kappa shape index (κ3) is 2.19. The molecule has 0 fully saturated rings. The van der Waals surface area contributed by atoms with Crippen molar-refractivity contribution < 1.29 is 0 Å². The van der Waals surface area contributed by atoms with Gasteiger partial charge in [0.1, 0.15) is 6.07 Å². The Morgan fingerprint density at radius 1 is 0.950 bits per heavy atom. The zero-order valence-electron chi connectivity index (χ0n) is 11.1. The number of aromatic nitrogens is 1. The first-order chi connectivity index (χ1) is 9.78. The molecule has 2 aromatic carbocycles. The fourth-order valence-electron chi connectivity index (χ4n) is 2.18. The van der Waals surface area contributed by atoms with Gasteiger partial charge in [0, 0.05) is 11.1 Å². The number of para-hydroxylation sites is 2. The Labute approximate surface area is 117 Å². The van der Waals surface area contributed by atoms with Crippen LogP contribution in [-0.4, -0.2) is 4.98 Å². The van der Waals surface area contributed by atoms with Gasteiger partial charge in [0.25, 0.3) is 0 Å². The Hall–Kier alpha value is -2.86. The maximum absolute atomic E-state index is 9.15. The third-order valence-electron chi connectivity index (χ3n) is 3.18. The van der Waals surface area contributed by atoms with Crippen molar-refractivity contribution in [3.63, 3.8) is 0 Å². The zero-order chi connectivity index (χ0) is 13.9. The Balaban J connectivity index is 2.11. The first-order valence-corrected chi connectivity index (χ1v) is 6.40. The van der Waals surface area contributed by atoms with Gasteiger partial charge in [-0.3, -0.25) is 4.98 Å². The third-order valence-corrected chi connectivity index (χ3v) is 3.18. The molecule has 3 heteroatoms. The summed E-state index contributed by atoms with van der Waals surface area (Å²) in [5.41, 5.74) is 4.22. The monoisotopic (exact) mass is 259 g/mol. The highest BCUT2D eigenvalue weighted by molar-refractivity contribution is 5.92. The topological polar surface area (TPSA) is 48.7 Å². The Bertz CT molecular complexity index is 816. The number of benzene rings is 2. The molecule has 0 saturated carbocycles. The summed E-state index contributed by atoms with van der Waals surface area (Å²) in [6, 6.07) is 19.7. The number of nitrogens with one attached hydrogen (secondary N) is 1. The highest BCUT2D eigenvalue weighted by Crippen LogP contribution is 2.26. The molecule has 0 atom stereocenters. The van der Waals surface area contributed by atoms with Crippen LogP contribution in [0.4, 0.5) is 11.4 Å². The maximum Gasteiger partial charge on any atom is 0.101 e. The fraction of sp³-hybridized carbons (Fsp3) is 0.0588. The highest BCUT2D eigenvalue weighted by atomic mass is 14.9. The van der Waals surface area contributed by atoms with Gasteiger partial charge >= 0.3 is 0 Å². The zero-order valence-corrected chi connectivity index (χ0v) is 11.1. The van der Waals surface area contributed by atoms with Crippen molar-refractivity contribution in [3.05, 3.63) is 65.9 Å². The molecule has 96 valence electrons. The van der Waals surface area contributed by atoms with Gasteiger partial charge in [-0.2, -0.15) is 5.26 Å². The normalized spacial score (nSPS) is 10.2. The van der Waals surface area contributed by atoms with Crippen LogP contribution in [0.15, 0.2) is 54.6 Å². The molecule has 0 bridgehead atoms. The molecule has 1 aromatic heterocycles. The van der Waals surface area contributed by atoms with Crippen LogP contribution >= 0.6 is 0 Å². The highest BCUT2D eigenvalue weighted by Gasteiger charge is 2.05. The second-order valence-electron chi connectivity index (χ2n) is 4.61. The van der Waals surface area contributed by atoms with Gasteiger partial charge in [-0.15, -0.1) is 0 Å². The molecule has 0 aliphatic rings. The lowest BCUT2D eigenvalue weighted by Gasteiger charge is -2.10. The quantitative estimate of drug-likeness (QED) is 0.751. The first kappa shape index (κ1) is 12.2. The van der Waals surface area contributed by atoms with Crippen molar-refractivity contribution in [1.29, 1.82) is 5.26 Å². The van der Waals surface area contributed by atoms with Crippen molar-refractivity contribution >= 4 is 22.3 Å². The van der Waals surface area contributed by atoms with Gasteiger partial charge in [0.05, 0.1) is 22.5 Å². The molecule has 3 nitrogen and oxygen atoms in total. The second kappa shape index (κ2) is 5.02. The van der Waals surface area contributed by atoms with E-state index in [0.29, 0.717) is 5.56 Å². The molecule has 0 spiro atoms. The van der Waals surface area contributed by atoms with Crippen molar-refractivity contribution in [3.8, 4) is 6.07 Å². The van der Waals surface area contributed by atoms with Gasteiger partial charge < -0.3 is 5.32 Å². The lowest BCUT2D eigenvalue weighted by atomic mass is 10.1. The van der Waals surface area contributed by atoms with Crippen LogP contribution in [0.5, 0.6) is 0 Å². The average Bonchev–Trinajstić information content (AvgIpc) is 2.48. The van der Waals surface area contributed by atoms with Gasteiger partial charge in [-0.1, -0.05) is 30.3 Å². The molecule has 0 aliphatic carbocycles. The van der Waals surface area contributed by atoms with Crippen molar-refractivity contribution in [1.82, 2.24) is 4.98 Å². The number of pyridine rings is 1. The van der Waals surface area contributed by atoms with Gasteiger partial charge in [-0.05, 0) is 31.2 Å². The van der Waals surface area contributed by atoms with Crippen LogP contribution in [0.25, 0.3) is 10.9 Å². The molecule has 20 heavy (non-hydrogen) atoms. The predicted octanol–water partition coefficient (Wildman–Crippen LogP) is 4.16. The number of nitrogens with zero attached hydrogens (tertiary/aromatic N) is 2. The lowest BCUT2D eigenvalue weighted by Crippen LogP contribution is -1.96. The first-order valence-electron chi connectivity index (χ1n) is 6.40. The summed E-state index contributed by atoms with van der Waals surface area (Å²) in [4.78, 5) is 4.58. The summed E-state index contributed by atoms with van der Waals surface area (Å²) in [7, 11) is 0. The molecule has 1 heterocycles. The van der Waals surface area contributed by atoms with E-state index in [2.05, 4.69) is 22.4 Å². The summed E-state index contributed by atoms with van der Waals surface area (Å²) in [5, 5.41) is 13.5. The smallest absolute Gasteiger partial charge is 0.101 e. The molecule has 3 rings (SSSR count). The minimum absolute atomic E-state index is 0.622. The molecule has 0 radical (unpaired) electrons. The SMILES string of the molecule is Cc1ccc2cccc(Nc3ccccc3C#N)c2n1. The van der Waals surface area contributed by atoms with E-state index in [0.717, 1.165) is 28.0 Å². The maximum atomic E-state index is 9.15. The molecule has 0 aliphatic heterocycles. The van der Waals surface area contributed by atoms with E-state index in [1.54, 1.807) is 6.07 Å². The van der Waals surface area contributed by atoms with E-state index >= 15 is 0 Å². The number of rotatable bonds is 2. The van der Waals surface area contributed by atoms with Crippen LogP contribution in [0.2, 0.25) is 0 Å². The van der Waals surface area contributed by atoms with Gasteiger partial charge in [-0.25, -0.2) is 0 Å². The Morgan fingerprint density at radius 2 is 1.75 bits per heavy atom. The van der Waals surface area contributed by atoms with E-state index in [4.69, 9.17) is 5.26 Å². The number of anilines is 2. The number of nitriles is 1. The second-order valence-corrected chi connectivity index (χ2v) is 4.61. The van der Waals surface area contributed by atoms with Crippen LogP contribution in [0.1, 0.15) is 11.3 Å². The molecular weight excluding hydrogens is 246 g/mol. The van der Waals surface area contributed by atoms with Crippen LogP contribution in [-0.2, 0) is 0 Å². The molecule has 0 unspecified atom stereocenters. The van der Waals surface area contributed by atoms with E-state index < -0.39 is 0 Å². The average molecular weight is 259 g/mol. The Kier molecular flexibility index (Phi) is 3.06. The lowest BCUT2D eigenvalue weighted by molar-refractivity contribution is 1.25. The number of aryl methyl sites for hydroxylation is 1. The fourth-order valence-corrected chi connectivity index (χ4v) is 2.18. The predicted molar refractivity (Wildman–Crippen MR) is 80.9 cm³/mol. The van der Waals surface area contributed by atoms with Crippen LogP contribution < -0.4 is 5.32 Å². The summed E-state index contributed by atoms with van der Waals surface area (Å²) < 4.78 is 0.